The van der Waals surface area contributed by atoms with Crippen molar-refractivity contribution in [1.29, 1.82) is 0 Å². The van der Waals surface area contributed by atoms with Gasteiger partial charge in [0.05, 0.1) is 6.33 Å². The molecule has 0 aliphatic carbocycles. The molecule has 2 rings (SSSR count). The van der Waals surface area contributed by atoms with Gasteiger partial charge in [0.25, 0.3) is 0 Å². The number of hydrogen-bond donors (Lipinski definition) is 1. The number of benzene rings is 1. The van der Waals surface area contributed by atoms with Crippen molar-refractivity contribution in [2.75, 3.05) is 0 Å². The zero-order chi connectivity index (χ0) is 13.0. The number of nitrogens with zero attached hydrogens (tertiary/aromatic N) is 2. The Labute approximate surface area is 132 Å². The highest BCUT2D eigenvalue weighted by Gasteiger charge is 2.08. The van der Waals surface area contributed by atoms with E-state index in [9.17, 15) is 4.79 Å². The Morgan fingerprint density at radius 2 is 2.00 bits per heavy atom. The minimum absolute atomic E-state index is 0.00873. The number of amides is 1. The summed E-state index contributed by atoms with van der Waals surface area (Å²) >= 11 is 4.34. The van der Waals surface area contributed by atoms with Crippen molar-refractivity contribution < 1.29 is 4.79 Å². The molecule has 0 radical (unpaired) electrons. The van der Waals surface area contributed by atoms with Crippen molar-refractivity contribution in [1.82, 2.24) is 14.9 Å². The molecule has 0 saturated carbocycles. The van der Waals surface area contributed by atoms with Crippen molar-refractivity contribution in [3.63, 3.8) is 0 Å². The van der Waals surface area contributed by atoms with Crippen LogP contribution in [0.3, 0.4) is 0 Å². The zero-order valence-corrected chi connectivity index (χ0v) is 13.8. The van der Waals surface area contributed by atoms with Crippen LogP contribution in [0.2, 0.25) is 0 Å². The van der Waals surface area contributed by atoms with Gasteiger partial charge < -0.3 is 9.88 Å². The first kappa shape index (κ1) is 13.8. The normalized spacial score (nSPS) is 10.3. The Hall–Kier alpha value is -0.640. The van der Waals surface area contributed by atoms with E-state index in [0.717, 1.165) is 13.0 Å². The summed E-state index contributed by atoms with van der Waals surface area (Å²) in [6.45, 7) is 0.864. The molecule has 0 aliphatic rings. The summed E-state index contributed by atoms with van der Waals surface area (Å²) in [5.74, 6) is -0.00873. The quantitative estimate of drug-likeness (QED) is 0.703. The van der Waals surface area contributed by atoms with Crippen molar-refractivity contribution in [3.05, 3.63) is 49.6 Å². The number of halogens is 2. The Kier molecular flexibility index (Phi) is 4.98. The summed E-state index contributed by atoms with van der Waals surface area (Å²) < 4.78 is 3.75. The summed E-state index contributed by atoms with van der Waals surface area (Å²) in [6.07, 6.45) is 1.69. The number of carbonyl (C=O) groups excluding carboxylic acids is 1. The van der Waals surface area contributed by atoms with E-state index >= 15 is 0 Å². The van der Waals surface area contributed by atoms with Gasteiger partial charge in [0, 0.05) is 6.54 Å². The average Bonchev–Trinajstić information content (AvgIpc) is 2.70. The third kappa shape index (κ3) is 3.67. The van der Waals surface area contributed by atoms with Crippen LogP contribution in [0.1, 0.15) is 5.56 Å². The zero-order valence-electron chi connectivity index (χ0n) is 9.44. The van der Waals surface area contributed by atoms with Crippen molar-refractivity contribution >= 4 is 51.1 Å². The molecule has 1 heterocycles. The monoisotopic (exact) mass is 467 g/mol. The fourth-order valence-corrected chi connectivity index (χ4v) is 2.33. The van der Waals surface area contributed by atoms with Gasteiger partial charge in [-0.3, -0.25) is 4.79 Å². The number of carbonyl (C=O) groups is 1. The molecule has 0 spiro atoms. The lowest BCUT2D eigenvalue weighted by molar-refractivity contribution is -0.121. The highest BCUT2D eigenvalue weighted by atomic mass is 127. The fourth-order valence-electron chi connectivity index (χ4n) is 1.46. The third-order valence-corrected chi connectivity index (χ3v) is 5.33. The Balaban J connectivity index is 1.88. The first-order valence-corrected chi connectivity index (χ1v) is 7.49. The predicted octanol–water partition coefficient (Wildman–Crippen LogP) is 2.41. The molecule has 1 N–H and O–H groups in total. The van der Waals surface area contributed by atoms with Crippen LogP contribution in [0, 0.1) is 7.40 Å². The molecule has 4 nitrogen and oxygen atoms in total. The maximum Gasteiger partial charge on any atom is 0.240 e. The smallest absolute Gasteiger partial charge is 0.240 e. The van der Waals surface area contributed by atoms with E-state index in [-0.39, 0.29) is 5.91 Å². The van der Waals surface area contributed by atoms with Gasteiger partial charge in [0.1, 0.15) is 13.9 Å². The number of rotatable bonds is 4. The fraction of sp³-hybridized carbons (Fsp3) is 0.167. The van der Waals surface area contributed by atoms with Crippen LogP contribution >= 0.6 is 45.2 Å². The van der Waals surface area contributed by atoms with Crippen LogP contribution in [0.15, 0.2) is 36.7 Å². The van der Waals surface area contributed by atoms with Crippen molar-refractivity contribution in [3.8, 4) is 0 Å². The Morgan fingerprint density at radius 1 is 1.28 bits per heavy atom. The van der Waals surface area contributed by atoms with E-state index in [0.29, 0.717) is 13.1 Å². The van der Waals surface area contributed by atoms with E-state index in [4.69, 9.17) is 0 Å². The molecule has 0 fully saturated rings. The lowest BCUT2D eigenvalue weighted by Crippen LogP contribution is -2.27. The van der Waals surface area contributed by atoms with E-state index < -0.39 is 0 Å². The van der Waals surface area contributed by atoms with Crippen molar-refractivity contribution in [2.45, 2.75) is 13.1 Å². The molecule has 1 amide bonds. The van der Waals surface area contributed by atoms with Crippen molar-refractivity contribution in [2.24, 2.45) is 0 Å². The molecule has 18 heavy (non-hydrogen) atoms. The van der Waals surface area contributed by atoms with Gasteiger partial charge in [-0.1, -0.05) is 30.3 Å². The molecule has 1 aromatic carbocycles. The molecule has 0 saturated heterocycles. The summed E-state index contributed by atoms with van der Waals surface area (Å²) in [5.41, 5.74) is 1.10. The van der Waals surface area contributed by atoms with Crippen LogP contribution < -0.4 is 5.32 Å². The van der Waals surface area contributed by atoms with Gasteiger partial charge in [0.2, 0.25) is 5.91 Å². The predicted molar refractivity (Wildman–Crippen MR) is 85.9 cm³/mol. The standard InChI is InChI=1S/C12H11I2N3O/c13-11-12(14)17(8-16-11)7-10(18)15-6-9-4-2-1-3-5-9/h1-5,8H,6-7H2,(H,15,18). The number of nitrogens with one attached hydrogen (secondary N) is 1. The highest BCUT2D eigenvalue weighted by molar-refractivity contribution is 14.1. The van der Waals surface area contributed by atoms with Crippen LogP contribution in [0.25, 0.3) is 0 Å². The molecule has 0 unspecified atom stereocenters. The lowest BCUT2D eigenvalue weighted by Gasteiger charge is -2.06. The van der Waals surface area contributed by atoms with E-state index in [2.05, 4.69) is 55.5 Å². The maximum atomic E-state index is 11.8. The SMILES string of the molecule is O=C(Cn1cnc(I)c1I)NCc1ccccc1. The van der Waals surface area contributed by atoms with E-state index in [1.807, 2.05) is 34.9 Å². The number of aromatic nitrogens is 2. The second-order valence-corrected chi connectivity index (χ2v) is 5.76. The molecule has 6 heteroatoms. The minimum atomic E-state index is -0.00873. The summed E-state index contributed by atoms with van der Waals surface area (Å²) in [5, 5.41) is 2.89. The van der Waals surface area contributed by atoms with Gasteiger partial charge in [-0.2, -0.15) is 0 Å². The van der Waals surface area contributed by atoms with Crippen LogP contribution in [0.4, 0.5) is 0 Å². The molecular formula is C12H11I2N3O. The summed E-state index contributed by atoms with van der Waals surface area (Å²) in [6, 6.07) is 9.86. The van der Waals surface area contributed by atoms with Crippen LogP contribution in [-0.4, -0.2) is 15.5 Å². The molecular weight excluding hydrogens is 456 g/mol. The Bertz CT molecular complexity index is 540. The highest BCUT2D eigenvalue weighted by Crippen LogP contribution is 2.12. The molecule has 2 aromatic rings. The summed E-state index contributed by atoms with van der Waals surface area (Å²) in [7, 11) is 0. The minimum Gasteiger partial charge on any atom is -0.350 e. The van der Waals surface area contributed by atoms with Crippen LogP contribution in [-0.2, 0) is 17.9 Å². The second-order valence-electron chi connectivity index (χ2n) is 3.72. The summed E-state index contributed by atoms with van der Waals surface area (Å²) in [4.78, 5) is 15.9. The van der Waals surface area contributed by atoms with Gasteiger partial charge in [-0.25, -0.2) is 4.98 Å². The largest absolute Gasteiger partial charge is 0.350 e. The van der Waals surface area contributed by atoms with Gasteiger partial charge in [0.15, 0.2) is 0 Å². The number of hydrogen-bond acceptors (Lipinski definition) is 2. The van der Waals surface area contributed by atoms with Gasteiger partial charge >= 0.3 is 0 Å². The maximum absolute atomic E-state index is 11.8. The molecule has 1 aromatic heterocycles. The average molecular weight is 467 g/mol. The van der Waals surface area contributed by atoms with Gasteiger partial charge in [-0.05, 0) is 50.7 Å². The lowest BCUT2D eigenvalue weighted by atomic mass is 10.2. The second kappa shape index (κ2) is 6.50. The number of imidazole rings is 1. The third-order valence-electron chi connectivity index (χ3n) is 2.38. The van der Waals surface area contributed by atoms with Crippen LogP contribution in [0.5, 0.6) is 0 Å². The first-order chi connectivity index (χ1) is 8.66. The van der Waals surface area contributed by atoms with Gasteiger partial charge in [-0.15, -0.1) is 0 Å². The molecule has 0 atom stereocenters. The molecule has 0 aliphatic heterocycles. The van der Waals surface area contributed by atoms with E-state index in [1.54, 1.807) is 6.33 Å². The van der Waals surface area contributed by atoms with E-state index in [1.165, 1.54) is 0 Å². The first-order valence-electron chi connectivity index (χ1n) is 5.33. The Morgan fingerprint density at radius 3 is 2.61 bits per heavy atom. The molecule has 0 bridgehead atoms. The molecule has 94 valence electrons. The topological polar surface area (TPSA) is 46.9 Å².